The minimum absolute atomic E-state index is 0.114. The molecule has 0 spiro atoms. The first-order valence-electron chi connectivity index (χ1n) is 26.3. The van der Waals surface area contributed by atoms with E-state index < -0.39 is 43.9 Å². The van der Waals surface area contributed by atoms with Crippen LogP contribution in [-0.4, -0.2) is 14.1 Å². The lowest BCUT2D eigenvalue weighted by molar-refractivity contribution is 0.483. The minimum Gasteiger partial charge on any atom is -0.457 e. The van der Waals surface area contributed by atoms with Crippen LogP contribution in [0.3, 0.4) is 0 Å². The Kier molecular flexibility index (Phi) is 6.18. The van der Waals surface area contributed by atoms with E-state index in [9.17, 15) is 0 Å². The largest absolute Gasteiger partial charge is 0.457 e. The summed E-state index contributed by atoms with van der Waals surface area (Å²) in [5.41, 5.74) is 6.97. The Morgan fingerprint density at radius 1 is 0.556 bits per heavy atom. The summed E-state index contributed by atoms with van der Waals surface area (Å²) >= 11 is 0. The van der Waals surface area contributed by atoms with Gasteiger partial charge in [0.25, 0.3) is 0 Å². The summed E-state index contributed by atoms with van der Waals surface area (Å²) in [5, 5.41) is 8.14. The lowest BCUT2D eigenvalue weighted by atomic mass is 9.99. The van der Waals surface area contributed by atoms with Crippen molar-refractivity contribution in [3.8, 4) is 28.4 Å². The highest BCUT2D eigenvalue weighted by molar-refractivity contribution is 6.21. The molecule has 63 heavy (non-hydrogen) atoms. The fourth-order valence-electron chi connectivity index (χ4n) is 9.56. The number of nitrogens with zero attached hydrogens (tertiary/aromatic N) is 4. The third kappa shape index (κ3) is 5.95. The fraction of sp³-hybridized carbons (Fsp3) is 0.0862. The van der Waals surface area contributed by atoms with E-state index in [1.807, 2.05) is 24.3 Å². The second-order valence-corrected chi connectivity index (χ2v) is 16.2. The Balaban J connectivity index is 1.00. The molecule has 0 saturated carbocycles. The molecule has 0 aliphatic carbocycles. The van der Waals surface area contributed by atoms with Crippen LogP contribution in [0.5, 0.6) is 11.5 Å². The van der Waals surface area contributed by atoms with E-state index in [2.05, 4.69) is 108 Å². The number of fused-ring (bicyclic) bond motifs is 10. The topological polar surface area (TPSA) is 35.2 Å². The number of para-hydroxylation sites is 2. The Morgan fingerprint density at radius 2 is 1.29 bits per heavy atom. The minimum atomic E-state index is -2.82. The number of hydrogen-bond acceptors (Lipinski definition) is 3. The Hall–Kier alpha value is -7.89. The third-order valence-corrected chi connectivity index (χ3v) is 12.3. The molecule has 5 nitrogen and oxygen atoms in total. The zero-order chi connectivity index (χ0) is 51.7. The third-order valence-electron chi connectivity index (χ3n) is 12.3. The van der Waals surface area contributed by atoms with Gasteiger partial charge in [-0.15, -0.1) is 0 Å². The summed E-state index contributed by atoms with van der Waals surface area (Å²) < 4.78 is 103. The summed E-state index contributed by atoms with van der Waals surface area (Å²) in [6, 6.07) is 44.8. The molecular weight excluding hydrogens is 769 g/mol. The number of hydrogen-bond donors (Lipinski definition) is 0. The van der Waals surface area contributed by atoms with E-state index in [1.54, 1.807) is 28.8 Å². The van der Waals surface area contributed by atoms with Crippen LogP contribution in [0.25, 0.3) is 82.1 Å². The molecular formula is C58H44N4O. The van der Waals surface area contributed by atoms with Crippen LogP contribution in [0.15, 0.2) is 182 Å². The van der Waals surface area contributed by atoms with Gasteiger partial charge in [-0.3, -0.25) is 4.57 Å². The van der Waals surface area contributed by atoms with Crippen LogP contribution in [-0.2, 0) is 6.67 Å². The summed E-state index contributed by atoms with van der Waals surface area (Å²) in [5.74, 6) is 1.12. The molecule has 1 aliphatic heterocycles. The van der Waals surface area contributed by atoms with Crippen molar-refractivity contribution in [2.45, 2.75) is 34.2 Å². The van der Waals surface area contributed by atoms with Crippen molar-refractivity contribution in [1.29, 1.82) is 0 Å². The van der Waals surface area contributed by atoms with Crippen LogP contribution >= 0.6 is 0 Å². The van der Waals surface area contributed by atoms with Crippen LogP contribution in [0, 0.1) is 27.6 Å². The Bertz CT molecular complexity index is 4260. The first kappa shape index (κ1) is 27.1. The molecule has 8 aromatic carbocycles. The van der Waals surface area contributed by atoms with Crippen LogP contribution in [0.1, 0.15) is 37.3 Å². The molecule has 3 aromatic heterocycles. The lowest BCUT2D eigenvalue weighted by Crippen LogP contribution is -2.14. The average molecular weight is 824 g/mol. The molecule has 4 heterocycles. The highest BCUT2D eigenvalue weighted by Gasteiger charge is 2.25. The Labute approximate surface area is 381 Å². The van der Waals surface area contributed by atoms with Crippen molar-refractivity contribution < 1.29 is 19.8 Å². The highest BCUT2D eigenvalue weighted by atomic mass is 16.5. The van der Waals surface area contributed by atoms with Gasteiger partial charge in [0, 0.05) is 59.3 Å². The van der Waals surface area contributed by atoms with Crippen LogP contribution in [0.4, 0.5) is 11.4 Å². The molecule has 0 fully saturated rings. The van der Waals surface area contributed by atoms with Crippen molar-refractivity contribution in [3.05, 3.63) is 204 Å². The van der Waals surface area contributed by atoms with Gasteiger partial charge in [-0.1, -0.05) is 126 Å². The number of rotatable bonds is 5. The van der Waals surface area contributed by atoms with Gasteiger partial charge in [0.2, 0.25) is 0 Å². The molecule has 5 heteroatoms. The molecule has 0 saturated heterocycles. The normalized spacial score (nSPS) is 15.3. The monoisotopic (exact) mass is 823 g/mol. The summed E-state index contributed by atoms with van der Waals surface area (Å²) in [6.07, 6.45) is 1.22. The lowest BCUT2D eigenvalue weighted by Gasteiger charge is -2.21. The molecule has 11 aromatic rings. The maximum atomic E-state index is 8.65. The van der Waals surface area contributed by atoms with Gasteiger partial charge in [-0.2, -0.15) is 0 Å². The quantitative estimate of drug-likeness (QED) is 0.173. The first-order valence-corrected chi connectivity index (χ1v) is 20.8. The molecule has 0 radical (unpaired) electrons. The molecule has 0 amide bonds. The molecule has 12 rings (SSSR count). The zero-order valence-electron chi connectivity index (χ0n) is 45.3. The molecule has 0 atom stereocenters. The van der Waals surface area contributed by atoms with Crippen molar-refractivity contribution in [3.63, 3.8) is 0 Å². The predicted molar refractivity (Wildman–Crippen MR) is 264 cm³/mol. The Morgan fingerprint density at radius 3 is 2.14 bits per heavy atom. The van der Waals surface area contributed by atoms with Gasteiger partial charge >= 0.3 is 0 Å². The molecule has 1 aliphatic rings. The standard InChI is InChI=1S/C58H44N4O/c1-36-23-26-46-44-18-8-9-19-45(44)48-21-12-22-54-58(48)61(57-38(3)13-10-20-49(57)50(46)29-36)35-60(54)41-16-11-17-42(32-41)63-43-25-27-47-51-30-37(2)24-28-53(51)62(55(47)33-43)56-31-39(4)52(34-59-56)40-14-6-5-7-15-40/h5-34H,35H2,1-4H3/i2D3,4D3,5D,6D,7D,14D,15D. The number of aryl methyl sites for hydroxylation is 4. The van der Waals surface area contributed by atoms with Gasteiger partial charge in [0.1, 0.15) is 24.0 Å². The molecule has 302 valence electrons. The van der Waals surface area contributed by atoms with Crippen LogP contribution in [0.2, 0.25) is 0 Å². The summed E-state index contributed by atoms with van der Waals surface area (Å²) in [7, 11) is 0. The van der Waals surface area contributed by atoms with Gasteiger partial charge in [-0.05, 0) is 114 Å². The van der Waals surface area contributed by atoms with E-state index in [-0.39, 0.29) is 28.1 Å². The molecule has 0 N–H and O–H groups in total. The smallest absolute Gasteiger partial charge is 0.137 e. The van der Waals surface area contributed by atoms with Crippen molar-refractivity contribution in [2.75, 3.05) is 4.90 Å². The number of pyridine rings is 1. The summed E-state index contributed by atoms with van der Waals surface area (Å²) in [4.78, 5) is 7.00. The van der Waals surface area contributed by atoms with E-state index in [4.69, 9.17) is 24.8 Å². The maximum absolute atomic E-state index is 8.65. The van der Waals surface area contributed by atoms with Crippen molar-refractivity contribution in [2.24, 2.45) is 0 Å². The SMILES string of the molecule is [2H]c1c([2H])c([2H])c(-c2cnc(-n3c4ccc(C([2H])([2H])[2H])cc4c4ccc(Oc5cccc(N6Cn7c8c(C)cccc8c8cc(C)ccc8c8ccccc8c8cccc6c87)c5)cc43)cc2C([2H])([2H])[2H])c([2H])c1[2H]. The van der Waals surface area contributed by atoms with Crippen molar-refractivity contribution in [1.82, 2.24) is 14.1 Å². The summed E-state index contributed by atoms with van der Waals surface area (Å²) in [6.45, 7) is -0.416. The van der Waals surface area contributed by atoms with E-state index in [0.29, 0.717) is 40.0 Å². The maximum Gasteiger partial charge on any atom is 0.137 e. The van der Waals surface area contributed by atoms with E-state index in [1.165, 1.54) is 34.7 Å². The second-order valence-electron chi connectivity index (χ2n) is 16.2. The van der Waals surface area contributed by atoms with E-state index in [0.717, 1.165) is 49.5 Å². The van der Waals surface area contributed by atoms with Crippen LogP contribution < -0.4 is 9.64 Å². The van der Waals surface area contributed by atoms with Gasteiger partial charge in [0.15, 0.2) is 0 Å². The number of aromatic nitrogens is 3. The second kappa shape index (κ2) is 14.4. The molecule has 0 bridgehead atoms. The molecule has 0 unspecified atom stereocenters. The predicted octanol–water partition coefficient (Wildman–Crippen LogP) is 15.5. The van der Waals surface area contributed by atoms with Gasteiger partial charge < -0.3 is 14.2 Å². The fourth-order valence-corrected chi connectivity index (χ4v) is 9.56. The zero-order valence-corrected chi connectivity index (χ0v) is 34.3. The van der Waals surface area contributed by atoms with Crippen molar-refractivity contribution >= 4 is 76.5 Å². The van der Waals surface area contributed by atoms with E-state index >= 15 is 0 Å². The number of anilines is 2. The average Bonchev–Trinajstić information content (AvgIpc) is 3.97. The highest BCUT2D eigenvalue weighted by Crippen LogP contribution is 2.44. The van der Waals surface area contributed by atoms with Gasteiger partial charge in [-0.25, -0.2) is 4.98 Å². The van der Waals surface area contributed by atoms with Gasteiger partial charge in [0.05, 0.1) is 34.6 Å². The number of ether oxygens (including phenoxy) is 1. The first-order chi connectivity index (χ1) is 35.4. The number of benzene rings is 8.